The molecule has 0 bridgehead atoms. The molecule has 0 aliphatic rings. The normalized spacial score (nSPS) is 11.0. The zero-order chi connectivity index (χ0) is 16.0. The number of nitrogens with zero attached hydrogens (tertiary/aromatic N) is 1. The Kier molecular flexibility index (Phi) is 6.84. The van der Waals surface area contributed by atoms with Crippen molar-refractivity contribution in [3.05, 3.63) is 28.2 Å². The molecule has 0 saturated heterocycles. The SMILES string of the molecule is Cc1ccc(NC(=O)CN(CCC(=O)O)C(C)C)c(Br)c1. The number of carbonyl (C=O) groups excluding carboxylic acids is 1. The molecule has 116 valence electrons. The molecule has 0 saturated carbocycles. The molecule has 1 aromatic rings. The van der Waals surface area contributed by atoms with Crippen LogP contribution in [0.25, 0.3) is 0 Å². The second-order valence-corrected chi connectivity index (χ2v) is 6.09. The average Bonchev–Trinajstić information content (AvgIpc) is 2.37. The molecule has 0 aliphatic carbocycles. The number of amides is 1. The Labute approximate surface area is 133 Å². The first-order chi connectivity index (χ1) is 9.79. The number of carboxylic acid groups (broad SMARTS) is 1. The minimum atomic E-state index is -0.859. The smallest absolute Gasteiger partial charge is 0.304 e. The predicted molar refractivity (Wildman–Crippen MR) is 86.5 cm³/mol. The van der Waals surface area contributed by atoms with Crippen LogP contribution in [-0.4, -0.2) is 41.0 Å². The summed E-state index contributed by atoms with van der Waals surface area (Å²) in [4.78, 5) is 24.6. The van der Waals surface area contributed by atoms with E-state index in [1.807, 2.05) is 43.9 Å². The number of aryl methyl sites for hydroxylation is 1. The molecule has 0 fully saturated rings. The van der Waals surface area contributed by atoms with Crippen molar-refractivity contribution in [2.75, 3.05) is 18.4 Å². The van der Waals surface area contributed by atoms with Crippen molar-refractivity contribution < 1.29 is 14.7 Å². The van der Waals surface area contributed by atoms with E-state index in [0.717, 1.165) is 10.0 Å². The Morgan fingerprint density at radius 1 is 1.38 bits per heavy atom. The maximum absolute atomic E-state index is 12.1. The summed E-state index contributed by atoms with van der Waals surface area (Å²) in [5, 5.41) is 11.6. The Morgan fingerprint density at radius 2 is 2.05 bits per heavy atom. The van der Waals surface area contributed by atoms with Crippen molar-refractivity contribution >= 4 is 33.5 Å². The lowest BCUT2D eigenvalue weighted by Gasteiger charge is -2.25. The van der Waals surface area contributed by atoms with Gasteiger partial charge in [-0.1, -0.05) is 6.07 Å². The minimum Gasteiger partial charge on any atom is -0.481 e. The molecule has 0 unspecified atom stereocenters. The number of nitrogens with one attached hydrogen (secondary N) is 1. The van der Waals surface area contributed by atoms with Crippen LogP contribution in [0.1, 0.15) is 25.8 Å². The third kappa shape index (κ3) is 6.27. The average molecular weight is 357 g/mol. The van der Waals surface area contributed by atoms with E-state index < -0.39 is 5.97 Å². The van der Waals surface area contributed by atoms with Gasteiger partial charge >= 0.3 is 5.97 Å². The van der Waals surface area contributed by atoms with Crippen molar-refractivity contribution in [1.82, 2.24) is 4.90 Å². The number of halogens is 1. The molecular weight excluding hydrogens is 336 g/mol. The maximum atomic E-state index is 12.1. The van der Waals surface area contributed by atoms with E-state index in [9.17, 15) is 9.59 Å². The number of aliphatic carboxylic acids is 1. The molecule has 1 amide bonds. The van der Waals surface area contributed by atoms with Gasteiger partial charge in [0.2, 0.25) is 5.91 Å². The van der Waals surface area contributed by atoms with Crippen molar-refractivity contribution in [3.63, 3.8) is 0 Å². The largest absolute Gasteiger partial charge is 0.481 e. The number of rotatable bonds is 7. The van der Waals surface area contributed by atoms with Gasteiger partial charge in [-0.3, -0.25) is 14.5 Å². The molecule has 0 radical (unpaired) electrons. The van der Waals surface area contributed by atoms with Crippen LogP contribution in [0.3, 0.4) is 0 Å². The van der Waals surface area contributed by atoms with E-state index >= 15 is 0 Å². The maximum Gasteiger partial charge on any atom is 0.304 e. The Bertz CT molecular complexity index is 518. The summed E-state index contributed by atoms with van der Waals surface area (Å²) in [5.41, 5.74) is 1.82. The summed E-state index contributed by atoms with van der Waals surface area (Å²) in [6.45, 7) is 6.39. The summed E-state index contributed by atoms with van der Waals surface area (Å²) in [6, 6.07) is 5.80. The third-order valence-corrected chi connectivity index (χ3v) is 3.74. The van der Waals surface area contributed by atoms with Gasteiger partial charge in [0.05, 0.1) is 18.7 Å². The van der Waals surface area contributed by atoms with Crippen LogP contribution in [0.5, 0.6) is 0 Å². The lowest BCUT2D eigenvalue weighted by molar-refractivity contribution is -0.137. The number of anilines is 1. The second kappa shape index (κ2) is 8.14. The molecule has 0 atom stereocenters. The summed E-state index contributed by atoms with van der Waals surface area (Å²) in [5.74, 6) is -1.01. The predicted octanol–water partition coefficient (Wildman–Crippen LogP) is 2.88. The molecule has 1 rings (SSSR count). The standard InChI is InChI=1S/C15H21BrN2O3/c1-10(2)18(7-6-15(20)21)9-14(19)17-13-5-4-11(3)8-12(13)16/h4-5,8,10H,6-7,9H2,1-3H3,(H,17,19)(H,20,21). The van der Waals surface area contributed by atoms with Crippen LogP contribution in [-0.2, 0) is 9.59 Å². The molecule has 0 heterocycles. The minimum absolute atomic E-state index is 0.0275. The van der Waals surface area contributed by atoms with Gasteiger partial charge in [0.1, 0.15) is 0 Å². The third-order valence-electron chi connectivity index (χ3n) is 3.09. The van der Waals surface area contributed by atoms with E-state index in [2.05, 4.69) is 21.2 Å². The van der Waals surface area contributed by atoms with Gasteiger partial charge in [-0.15, -0.1) is 0 Å². The summed E-state index contributed by atoms with van der Waals surface area (Å²) >= 11 is 3.41. The number of hydrogen-bond donors (Lipinski definition) is 2. The molecule has 21 heavy (non-hydrogen) atoms. The fraction of sp³-hybridized carbons (Fsp3) is 0.467. The number of hydrogen-bond acceptors (Lipinski definition) is 3. The molecule has 0 aliphatic heterocycles. The molecule has 1 aromatic carbocycles. The molecule has 6 heteroatoms. The van der Waals surface area contributed by atoms with Gasteiger partial charge in [0.25, 0.3) is 0 Å². The molecule has 2 N–H and O–H groups in total. The molecular formula is C15H21BrN2O3. The van der Waals surface area contributed by atoms with E-state index in [1.54, 1.807) is 0 Å². The fourth-order valence-corrected chi connectivity index (χ4v) is 2.45. The van der Waals surface area contributed by atoms with Gasteiger partial charge < -0.3 is 10.4 Å². The zero-order valence-electron chi connectivity index (χ0n) is 12.5. The van der Waals surface area contributed by atoms with Crippen LogP contribution in [0.15, 0.2) is 22.7 Å². The van der Waals surface area contributed by atoms with Gasteiger partial charge in [0.15, 0.2) is 0 Å². The monoisotopic (exact) mass is 356 g/mol. The van der Waals surface area contributed by atoms with Gasteiger partial charge in [-0.2, -0.15) is 0 Å². The summed E-state index contributed by atoms with van der Waals surface area (Å²) in [7, 11) is 0. The van der Waals surface area contributed by atoms with Crippen LogP contribution < -0.4 is 5.32 Å². The van der Waals surface area contributed by atoms with Crippen molar-refractivity contribution in [2.45, 2.75) is 33.2 Å². The first kappa shape index (κ1) is 17.7. The van der Waals surface area contributed by atoms with Crippen LogP contribution in [0.2, 0.25) is 0 Å². The highest BCUT2D eigenvalue weighted by atomic mass is 79.9. The molecule has 0 aromatic heterocycles. The Morgan fingerprint density at radius 3 is 2.57 bits per heavy atom. The molecule has 5 nitrogen and oxygen atoms in total. The van der Waals surface area contributed by atoms with Gasteiger partial charge in [-0.05, 0) is 54.4 Å². The Balaban J connectivity index is 2.63. The fourth-order valence-electron chi connectivity index (χ4n) is 1.85. The van der Waals surface area contributed by atoms with Crippen molar-refractivity contribution in [2.24, 2.45) is 0 Å². The van der Waals surface area contributed by atoms with E-state index in [-0.39, 0.29) is 24.9 Å². The lowest BCUT2D eigenvalue weighted by Crippen LogP contribution is -2.39. The van der Waals surface area contributed by atoms with Crippen molar-refractivity contribution in [1.29, 1.82) is 0 Å². The number of benzene rings is 1. The highest BCUT2D eigenvalue weighted by molar-refractivity contribution is 9.10. The second-order valence-electron chi connectivity index (χ2n) is 5.24. The number of carboxylic acids is 1. The summed E-state index contributed by atoms with van der Waals surface area (Å²) < 4.78 is 0.831. The van der Waals surface area contributed by atoms with E-state index in [4.69, 9.17) is 5.11 Å². The first-order valence-electron chi connectivity index (χ1n) is 6.81. The highest BCUT2D eigenvalue weighted by Crippen LogP contribution is 2.23. The van der Waals surface area contributed by atoms with Gasteiger partial charge in [0, 0.05) is 17.1 Å². The lowest BCUT2D eigenvalue weighted by atomic mass is 10.2. The quantitative estimate of drug-likeness (QED) is 0.787. The highest BCUT2D eigenvalue weighted by Gasteiger charge is 2.16. The van der Waals surface area contributed by atoms with Crippen LogP contribution >= 0.6 is 15.9 Å². The van der Waals surface area contributed by atoms with Crippen LogP contribution in [0, 0.1) is 6.92 Å². The van der Waals surface area contributed by atoms with Gasteiger partial charge in [-0.25, -0.2) is 0 Å². The zero-order valence-corrected chi connectivity index (χ0v) is 14.1. The summed E-state index contributed by atoms with van der Waals surface area (Å²) in [6.07, 6.45) is 0.0275. The topological polar surface area (TPSA) is 69.6 Å². The van der Waals surface area contributed by atoms with E-state index in [0.29, 0.717) is 12.2 Å². The molecule has 0 spiro atoms. The number of carbonyl (C=O) groups is 2. The van der Waals surface area contributed by atoms with E-state index in [1.165, 1.54) is 0 Å². The Hall–Kier alpha value is -1.40. The van der Waals surface area contributed by atoms with Crippen molar-refractivity contribution in [3.8, 4) is 0 Å². The first-order valence-corrected chi connectivity index (χ1v) is 7.60. The van der Waals surface area contributed by atoms with Crippen LogP contribution in [0.4, 0.5) is 5.69 Å².